The molecule has 0 fully saturated rings. The van der Waals surface area contributed by atoms with E-state index in [2.05, 4.69) is 32.1 Å². The minimum absolute atomic E-state index is 0.0765. The van der Waals surface area contributed by atoms with Gasteiger partial charge >= 0.3 is 0 Å². The molecule has 3 aromatic rings. The molecule has 0 saturated heterocycles. The Kier molecular flexibility index (Phi) is 3.85. The molecule has 1 aliphatic rings. The molecule has 1 heteroatoms. The number of hydrogen-bond acceptors (Lipinski definition) is 1. The highest BCUT2D eigenvalue weighted by Gasteiger charge is 2.14. The molecule has 0 bridgehead atoms. The summed E-state index contributed by atoms with van der Waals surface area (Å²) in [6.45, 7) is 4.31. The summed E-state index contributed by atoms with van der Waals surface area (Å²) in [4.78, 5) is 13.0. The fourth-order valence-electron chi connectivity index (χ4n) is 3.40. The van der Waals surface area contributed by atoms with Crippen LogP contribution in [0.25, 0.3) is 16.3 Å². The number of ketones is 1. The fraction of sp³-hybridized carbons (Fsp3) is 0.125. The van der Waals surface area contributed by atoms with Crippen molar-refractivity contribution in [2.45, 2.75) is 20.3 Å². The minimum atomic E-state index is 0.0765. The van der Waals surface area contributed by atoms with Gasteiger partial charge in [0.2, 0.25) is 0 Å². The molecule has 0 aliphatic heterocycles. The molecular weight excluding hydrogens is 304 g/mol. The fourth-order valence-corrected chi connectivity index (χ4v) is 3.40. The Hall–Kier alpha value is -2.93. The van der Waals surface area contributed by atoms with Crippen LogP contribution in [0.1, 0.15) is 41.8 Å². The first kappa shape index (κ1) is 15.6. The number of carbonyl (C=O) groups is 1. The number of carbonyl (C=O) groups excluding carboxylic acids is 1. The summed E-state index contributed by atoms with van der Waals surface area (Å²) < 4.78 is 0. The topological polar surface area (TPSA) is 17.1 Å². The van der Waals surface area contributed by atoms with Crippen molar-refractivity contribution in [1.82, 2.24) is 0 Å². The SMILES string of the molecule is CC1=C(C)CC(c2cccc(C(=O)c3ccc4ccccc4c3)c2)=C1. The normalized spacial score (nSPS) is 14.1. The van der Waals surface area contributed by atoms with E-state index in [1.165, 1.54) is 16.7 Å². The summed E-state index contributed by atoms with van der Waals surface area (Å²) in [5.74, 6) is 0.0765. The lowest BCUT2D eigenvalue weighted by molar-refractivity contribution is 0.103. The monoisotopic (exact) mass is 324 g/mol. The van der Waals surface area contributed by atoms with Crippen LogP contribution < -0.4 is 0 Å². The summed E-state index contributed by atoms with van der Waals surface area (Å²) in [5, 5.41) is 2.25. The molecule has 1 aliphatic carbocycles. The van der Waals surface area contributed by atoms with Gasteiger partial charge < -0.3 is 0 Å². The van der Waals surface area contributed by atoms with Crippen molar-refractivity contribution in [3.8, 4) is 0 Å². The predicted molar refractivity (Wildman–Crippen MR) is 105 cm³/mol. The standard InChI is InChI=1S/C24H20O/c1-16-12-23(13-17(16)2)20-8-5-9-21(15-20)24(25)22-11-10-18-6-3-4-7-19(18)14-22/h3-12,14-15H,13H2,1-2H3. The van der Waals surface area contributed by atoms with E-state index in [1.54, 1.807) is 0 Å². The molecule has 0 unspecified atom stereocenters. The third kappa shape index (κ3) is 2.94. The van der Waals surface area contributed by atoms with Gasteiger partial charge in [0, 0.05) is 11.1 Å². The highest BCUT2D eigenvalue weighted by molar-refractivity contribution is 6.11. The van der Waals surface area contributed by atoms with Gasteiger partial charge in [0.05, 0.1) is 0 Å². The highest BCUT2D eigenvalue weighted by Crippen LogP contribution is 2.32. The first-order valence-corrected chi connectivity index (χ1v) is 8.63. The van der Waals surface area contributed by atoms with E-state index in [1.807, 2.05) is 54.6 Å². The number of allylic oxidation sites excluding steroid dienone is 4. The largest absolute Gasteiger partial charge is 0.289 e. The maximum Gasteiger partial charge on any atom is 0.193 e. The zero-order valence-electron chi connectivity index (χ0n) is 14.5. The molecule has 0 amide bonds. The Balaban J connectivity index is 1.68. The lowest BCUT2D eigenvalue weighted by Crippen LogP contribution is -2.02. The van der Waals surface area contributed by atoms with Gasteiger partial charge in [-0.25, -0.2) is 0 Å². The second kappa shape index (κ2) is 6.18. The molecule has 122 valence electrons. The molecule has 0 atom stereocenters. The molecule has 0 saturated carbocycles. The zero-order valence-corrected chi connectivity index (χ0v) is 14.5. The maximum absolute atomic E-state index is 13.0. The summed E-state index contributed by atoms with van der Waals surface area (Å²) in [6.07, 6.45) is 3.20. The molecule has 0 heterocycles. The first-order valence-electron chi connectivity index (χ1n) is 8.63. The van der Waals surface area contributed by atoms with E-state index >= 15 is 0 Å². The number of benzene rings is 3. The van der Waals surface area contributed by atoms with E-state index in [4.69, 9.17) is 0 Å². The van der Waals surface area contributed by atoms with Crippen molar-refractivity contribution in [3.63, 3.8) is 0 Å². The van der Waals surface area contributed by atoms with E-state index in [0.29, 0.717) is 0 Å². The summed E-state index contributed by atoms with van der Waals surface area (Å²) in [5.41, 5.74) is 6.66. The van der Waals surface area contributed by atoms with Crippen molar-refractivity contribution < 1.29 is 4.79 Å². The van der Waals surface area contributed by atoms with Crippen molar-refractivity contribution >= 4 is 22.1 Å². The second-order valence-corrected chi connectivity index (χ2v) is 6.78. The molecule has 0 N–H and O–H groups in total. The summed E-state index contributed by atoms with van der Waals surface area (Å²) >= 11 is 0. The van der Waals surface area contributed by atoms with Crippen molar-refractivity contribution in [2.24, 2.45) is 0 Å². The van der Waals surface area contributed by atoms with Gasteiger partial charge in [-0.1, -0.05) is 71.8 Å². The van der Waals surface area contributed by atoms with Crippen molar-refractivity contribution in [3.05, 3.63) is 101 Å². The van der Waals surface area contributed by atoms with Crippen molar-refractivity contribution in [2.75, 3.05) is 0 Å². The van der Waals surface area contributed by atoms with Gasteiger partial charge in [-0.2, -0.15) is 0 Å². The third-order valence-corrected chi connectivity index (χ3v) is 5.03. The van der Waals surface area contributed by atoms with Crippen LogP contribution in [-0.2, 0) is 0 Å². The minimum Gasteiger partial charge on any atom is -0.289 e. The Bertz CT molecular complexity index is 1050. The molecule has 1 nitrogen and oxygen atoms in total. The number of fused-ring (bicyclic) bond motifs is 1. The van der Waals surface area contributed by atoms with Crippen LogP contribution in [0.15, 0.2) is 84.0 Å². The highest BCUT2D eigenvalue weighted by atomic mass is 16.1. The lowest BCUT2D eigenvalue weighted by Gasteiger charge is -2.07. The molecule has 4 rings (SSSR count). The Labute approximate surface area is 148 Å². The van der Waals surface area contributed by atoms with Gasteiger partial charge in [-0.05, 0) is 54.3 Å². The average Bonchev–Trinajstić information content (AvgIpc) is 2.99. The van der Waals surface area contributed by atoms with Crippen LogP contribution in [0.5, 0.6) is 0 Å². The van der Waals surface area contributed by atoms with Crippen LogP contribution in [0, 0.1) is 0 Å². The molecule has 0 spiro atoms. The second-order valence-electron chi connectivity index (χ2n) is 6.78. The van der Waals surface area contributed by atoms with Gasteiger partial charge in [-0.3, -0.25) is 4.79 Å². The van der Waals surface area contributed by atoms with Crippen LogP contribution in [0.3, 0.4) is 0 Å². The van der Waals surface area contributed by atoms with E-state index in [0.717, 1.165) is 33.9 Å². The Morgan fingerprint density at radius 2 is 1.56 bits per heavy atom. The van der Waals surface area contributed by atoms with Gasteiger partial charge in [0.15, 0.2) is 5.78 Å². The van der Waals surface area contributed by atoms with Gasteiger partial charge in [0.25, 0.3) is 0 Å². The van der Waals surface area contributed by atoms with E-state index < -0.39 is 0 Å². The van der Waals surface area contributed by atoms with Crippen LogP contribution in [0.4, 0.5) is 0 Å². The third-order valence-electron chi connectivity index (χ3n) is 5.03. The number of hydrogen-bond donors (Lipinski definition) is 0. The first-order chi connectivity index (χ1) is 12.1. The average molecular weight is 324 g/mol. The smallest absolute Gasteiger partial charge is 0.193 e. The van der Waals surface area contributed by atoms with E-state index in [9.17, 15) is 4.79 Å². The Morgan fingerprint density at radius 1 is 0.800 bits per heavy atom. The summed E-state index contributed by atoms with van der Waals surface area (Å²) in [7, 11) is 0. The van der Waals surface area contributed by atoms with Gasteiger partial charge in [-0.15, -0.1) is 0 Å². The molecule has 3 aromatic carbocycles. The van der Waals surface area contributed by atoms with Crippen LogP contribution in [0.2, 0.25) is 0 Å². The molecule has 0 aromatic heterocycles. The van der Waals surface area contributed by atoms with E-state index in [-0.39, 0.29) is 5.78 Å². The molecular formula is C24H20O. The predicted octanol–water partition coefficient (Wildman–Crippen LogP) is 6.19. The van der Waals surface area contributed by atoms with Crippen LogP contribution >= 0.6 is 0 Å². The Morgan fingerprint density at radius 3 is 2.32 bits per heavy atom. The molecule has 0 radical (unpaired) electrons. The van der Waals surface area contributed by atoms with Crippen LogP contribution in [-0.4, -0.2) is 5.78 Å². The lowest BCUT2D eigenvalue weighted by atomic mass is 9.96. The van der Waals surface area contributed by atoms with Gasteiger partial charge in [0.1, 0.15) is 0 Å². The maximum atomic E-state index is 13.0. The zero-order chi connectivity index (χ0) is 17.4. The quantitative estimate of drug-likeness (QED) is 0.525. The summed E-state index contributed by atoms with van der Waals surface area (Å²) in [6, 6.07) is 22.0. The van der Waals surface area contributed by atoms with Crippen molar-refractivity contribution in [1.29, 1.82) is 0 Å². The number of rotatable bonds is 3. The molecule has 25 heavy (non-hydrogen) atoms.